The Kier molecular flexibility index (Phi) is 3.12. The van der Waals surface area contributed by atoms with Gasteiger partial charge in [-0.25, -0.2) is 10.8 Å². The van der Waals surface area contributed by atoms with Gasteiger partial charge in [-0.05, 0) is 56.1 Å². The zero-order valence-electron chi connectivity index (χ0n) is 10.9. The van der Waals surface area contributed by atoms with Gasteiger partial charge in [-0.15, -0.1) is 0 Å². The van der Waals surface area contributed by atoms with E-state index in [0.29, 0.717) is 11.9 Å². The summed E-state index contributed by atoms with van der Waals surface area (Å²) >= 11 is 0. The topological polar surface area (TPSA) is 63.0 Å². The summed E-state index contributed by atoms with van der Waals surface area (Å²) in [6, 6.07) is 6.34. The smallest absolute Gasteiger partial charge is 0.142 e. The molecule has 4 unspecified atom stereocenters. The van der Waals surface area contributed by atoms with Gasteiger partial charge in [0.1, 0.15) is 11.6 Å². The lowest BCUT2D eigenvalue weighted by molar-refractivity contribution is 0.304. The Hall–Kier alpha value is -1.29. The van der Waals surface area contributed by atoms with Crippen molar-refractivity contribution < 1.29 is 0 Å². The first-order chi connectivity index (χ1) is 8.76. The molecule has 4 atom stereocenters. The van der Waals surface area contributed by atoms with Gasteiger partial charge in [0, 0.05) is 6.04 Å². The first-order valence-corrected chi connectivity index (χ1v) is 6.96. The number of hydrogen-bond acceptors (Lipinski definition) is 4. The number of hydrogen-bond donors (Lipinski definition) is 3. The predicted molar refractivity (Wildman–Crippen MR) is 74.1 cm³/mol. The Balaban J connectivity index is 1.65. The van der Waals surface area contributed by atoms with Crippen LogP contribution in [-0.4, -0.2) is 11.0 Å². The summed E-state index contributed by atoms with van der Waals surface area (Å²) in [5, 5.41) is 3.54. The van der Waals surface area contributed by atoms with Crippen molar-refractivity contribution in [1.82, 2.24) is 4.98 Å². The first kappa shape index (κ1) is 11.8. The molecule has 0 spiro atoms. The molecule has 0 aromatic carbocycles. The zero-order valence-corrected chi connectivity index (χ0v) is 10.9. The van der Waals surface area contributed by atoms with Gasteiger partial charge < -0.3 is 10.7 Å². The van der Waals surface area contributed by atoms with Crippen LogP contribution in [0.2, 0.25) is 0 Å². The largest absolute Gasteiger partial charge is 0.367 e. The van der Waals surface area contributed by atoms with E-state index in [1.54, 1.807) is 0 Å². The maximum atomic E-state index is 5.38. The fraction of sp³-hybridized carbons (Fsp3) is 0.643. The van der Waals surface area contributed by atoms with Crippen molar-refractivity contribution in [1.29, 1.82) is 0 Å². The van der Waals surface area contributed by atoms with E-state index >= 15 is 0 Å². The number of pyridine rings is 1. The van der Waals surface area contributed by atoms with Gasteiger partial charge in [-0.3, -0.25) is 0 Å². The Bertz CT molecular complexity index is 420. The van der Waals surface area contributed by atoms with Crippen LogP contribution in [0.4, 0.5) is 11.6 Å². The highest BCUT2D eigenvalue weighted by Gasteiger charge is 2.41. The molecule has 0 saturated heterocycles. The molecule has 3 rings (SSSR count). The molecule has 0 radical (unpaired) electrons. The number of aromatic nitrogens is 1. The minimum atomic E-state index is 0.501. The molecule has 2 bridgehead atoms. The van der Waals surface area contributed by atoms with Crippen LogP contribution in [0.1, 0.15) is 32.6 Å². The number of anilines is 2. The summed E-state index contributed by atoms with van der Waals surface area (Å²) in [6.45, 7) is 2.29. The van der Waals surface area contributed by atoms with Crippen LogP contribution in [0.3, 0.4) is 0 Å². The fourth-order valence-corrected chi connectivity index (χ4v) is 3.84. The van der Waals surface area contributed by atoms with Gasteiger partial charge in [0.2, 0.25) is 0 Å². The lowest BCUT2D eigenvalue weighted by Gasteiger charge is -2.29. The van der Waals surface area contributed by atoms with Crippen LogP contribution in [-0.2, 0) is 0 Å². The van der Waals surface area contributed by atoms with Crippen molar-refractivity contribution in [3.05, 3.63) is 18.2 Å². The second-order valence-electron chi connectivity index (χ2n) is 5.82. The van der Waals surface area contributed by atoms with Crippen LogP contribution in [0, 0.1) is 17.8 Å². The summed E-state index contributed by atoms with van der Waals surface area (Å²) in [5.74, 6) is 9.76. The molecule has 4 nitrogen and oxygen atoms in total. The van der Waals surface area contributed by atoms with Gasteiger partial charge in [0.15, 0.2) is 0 Å². The van der Waals surface area contributed by atoms with Crippen LogP contribution in [0.25, 0.3) is 0 Å². The molecule has 4 heteroatoms. The van der Waals surface area contributed by atoms with Gasteiger partial charge in [-0.1, -0.05) is 12.5 Å². The lowest BCUT2D eigenvalue weighted by Crippen LogP contribution is -2.30. The second kappa shape index (κ2) is 4.76. The Morgan fingerprint density at radius 1 is 1.28 bits per heavy atom. The van der Waals surface area contributed by atoms with Crippen molar-refractivity contribution >= 4 is 11.6 Å². The first-order valence-electron chi connectivity index (χ1n) is 6.96. The third kappa shape index (κ3) is 2.17. The molecule has 1 heterocycles. The minimum absolute atomic E-state index is 0.501. The van der Waals surface area contributed by atoms with Crippen LogP contribution in [0.5, 0.6) is 0 Å². The summed E-state index contributed by atoms with van der Waals surface area (Å²) in [5.41, 5.74) is 2.59. The maximum Gasteiger partial charge on any atom is 0.142 e. The van der Waals surface area contributed by atoms with Crippen molar-refractivity contribution in [3.8, 4) is 0 Å². The van der Waals surface area contributed by atoms with Gasteiger partial charge in [-0.2, -0.15) is 0 Å². The Morgan fingerprint density at radius 2 is 2.11 bits per heavy atom. The summed E-state index contributed by atoms with van der Waals surface area (Å²) in [6.07, 6.45) is 5.74. The van der Waals surface area contributed by atoms with Crippen molar-refractivity contribution in [3.63, 3.8) is 0 Å². The summed E-state index contributed by atoms with van der Waals surface area (Å²) in [4.78, 5) is 4.42. The van der Waals surface area contributed by atoms with E-state index < -0.39 is 0 Å². The van der Waals surface area contributed by atoms with Gasteiger partial charge in [0.25, 0.3) is 0 Å². The molecule has 4 N–H and O–H groups in total. The number of nitrogens with zero attached hydrogens (tertiary/aromatic N) is 1. The number of nitrogens with two attached hydrogens (primary N) is 1. The number of fused-ring (bicyclic) bond motifs is 2. The molecule has 2 aliphatic carbocycles. The van der Waals surface area contributed by atoms with E-state index in [1.165, 1.54) is 25.7 Å². The van der Waals surface area contributed by atoms with E-state index in [2.05, 4.69) is 22.7 Å². The quantitative estimate of drug-likeness (QED) is 0.564. The predicted octanol–water partition coefficient (Wildman–Crippen LogP) is 2.60. The van der Waals surface area contributed by atoms with Gasteiger partial charge >= 0.3 is 0 Å². The van der Waals surface area contributed by atoms with Gasteiger partial charge in [0.05, 0.1) is 0 Å². The third-order valence-corrected chi connectivity index (χ3v) is 4.71. The molecule has 2 fully saturated rings. The highest BCUT2D eigenvalue weighted by atomic mass is 15.3. The van der Waals surface area contributed by atoms with Crippen molar-refractivity contribution in [2.24, 2.45) is 23.6 Å². The normalized spacial score (nSPS) is 31.3. The standard InChI is InChI=1S/C14H22N4/c1-9(12-8-10-5-6-11(12)7-10)16-13-3-2-4-14(17-13)18-15/h2-4,9-12H,5-8,15H2,1H3,(H2,16,17,18). The zero-order chi connectivity index (χ0) is 12.5. The van der Waals surface area contributed by atoms with E-state index in [9.17, 15) is 0 Å². The highest BCUT2D eigenvalue weighted by Crippen LogP contribution is 2.49. The van der Waals surface area contributed by atoms with Crippen LogP contribution in [0.15, 0.2) is 18.2 Å². The van der Waals surface area contributed by atoms with E-state index in [4.69, 9.17) is 5.84 Å². The average Bonchev–Trinajstić information content (AvgIpc) is 3.01. The van der Waals surface area contributed by atoms with Crippen molar-refractivity contribution in [2.75, 3.05) is 10.7 Å². The molecular weight excluding hydrogens is 224 g/mol. The van der Waals surface area contributed by atoms with Crippen molar-refractivity contribution in [2.45, 2.75) is 38.6 Å². The van der Waals surface area contributed by atoms with E-state index in [1.807, 2.05) is 18.2 Å². The molecule has 2 saturated carbocycles. The Morgan fingerprint density at radius 3 is 2.78 bits per heavy atom. The Labute approximate surface area is 108 Å². The molecular formula is C14H22N4. The molecule has 18 heavy (non-hydrogen) atoms. The molecule has 1 aromatic heterocycles. The monoisotopic (exact) mass is 246 g/mol. The molecule has 0 aliphatic heterocycles. The van der Waals surface area contributed by atoms with Crippen LogP contribution < -0.4 is 16.6 Å². The molecule has 1 aromatic rings. The second-order valence-corrected chi connectivity index (χ2v) is 5.82. The molecule has 0 amide bonds. The minimum Gasteiger partial charge on any atom is -0.367 e. The number of rotatable bonds is 4. The van der Waals surface area contributed by atoms with Crippen LogP contribution >= 0.6 is 0 Å². The summed E-state index contributed by atoms with van der Waals surface area (Å²) in [7, 11) is 0. The van der Waals surface area contributed by atoms with E-state index in [-0.39, 0.29) is 0 Å². The summed E-state index contributed by atoms with van der Waals surface area (Å²) < 4.78 is 0. The maximum absolute atomic E-state index is 5.38. The SMILES string of the molecule is CC(Nc1cccc(NN)n1)C1CC2CCC1C2. The highest BCUT2D eigenvalue weighted by molar-refractivity contribution is 5.44. The fourth-order valence-electron chi connectivity index (χ4n) is 3.84. The number of hydrazine groups is 1. The third-order valence-electron chi connectivity index (χ3n) is 4.71. The average molecular weight is 246 g/mol. The number of nitrogens with one attached hydrogen (secondary N) is 2. The number of nitrogen functional groups attached to an aromatic ring is 1. The lowest BCUT2D eigenvalue weighted by atomic mass is 9.84. The van der Waals surface area contributed by atoms with E-state index in [0.717, 1.165) is 23.6 Å². The molecule has 98 valence electrons. The molecule has 2 aliphatic rings.